The number of hydrogen-bond acceptors (Lipinski definition) is 4. The number of thioether (sulfide) groups is 1. The molecule has 0 aromatic heterocycles. The summed E-state index contributed by atoms with van der Waals surface area (Å²) in [6.07, 6.45) is -0.198. The SMILES string of the molecule is O=C(NC1=N[C@@]2(c3ccccc3)CN(C(=O)O)C[C@H]2C(Cc2ccccc2)S1)c1ccccc1. The van der Waals surface area contributed by atoms with Gasteiger partial charge in [-0.1, -0.05) is 90.6 Å². The van der Waals surface area contributed by atoms with Crippen molar-refractivity contribution in [3.63, 3.8) is 0 Å². The highest BCUT2D eigenvalue weighted by Crippen LogP contribution is 2.49. The van der Waals surface area contributed by atoms with Crippen molar-refractivity contribution >= 4 is 28.9 Å². The van der Waals surface area contributed by atoms with Gasteiger partial charge in [-0.25, -0.2) is 9.79 Å². The van der Waals surface area contributed by atoms with Gasteiger partial charge in [-0.2, -0.15) is 0 Å². The third-order valence-electron chi connectivity index (χ3n) is 6.56. The Labute approximate surface area is 202 Å². The van der Waals surface area contributed by atoms with E-state index in [9.17, 15) is 14.7 Å². The second-order valence-corrected chi connectivity index (χ2v) is 9.87. The highest BCUT2D eigenvalue weighted by atomic mass is 32.2. The van der Waals surface area contributed by atoms with Gasteiger partial charge in [0, 0.05) is 23.3 Å². The van der Waals surface area contributed by atoms with E-state index < -0.39 is 11.6 Å². The standard InChI is InChI=1S/C27H25N3O3S/c31-24(20-12-6-2-7-13-20)28-25-29-27(21-14-8-3-9-15-21)18-30(26(32)33)17-22(27)23(34-25)16-19-10-4-1-5-11-19/h1-15,22-23H,16-18H2,(H,32,33)(H,28,29,31)/t22-,23?,27+/m0/s1. The molecule has 3 aromatic carbocycles. The van der Waals surface area contributed by atoms with Crippen LogP contribution in [0.2, 0.25) is 0 Å². The van der Waals surface area contributed by atoms with Crippen LogP contribution in [0.5, 0.6) is 0 Å². The number of nitrogens with zero attached hydrogens (tertiary/aromatic N) is 2. The molecule has 2 N–H and O–H groups in total. The average molecular weight is 472 g/mol. The zero-order chi connectivity index (χ0) is 23.5. The molecule has 3 aromatic rings. The molecule has 0 radical (unpaired) electrons. The number of benzene rings is 3. The van der Waals surface area contributed by atoms with Crippen molar-refractivity contribution in [3.05, 3.63) is 108 Å². The summed E-state index contributed by atoms with van der Waals surface area (Å²) in [6.45, 7) is 0.658. The van der Waals surface area contributed by atoms with Crippen LogP contribution in [0.3, 0.4) is 0 Å². The number of carboxylic acid groups (broad SMARTS) is 1. The van der Waals surface area contributed by atoms with Crippen molar-refractivity contribution in [2.24, 2.45) is 10.9 Å². The van der Waals surface area contributed by atoms with Crippen molar-refractivity contribution in [1.82, 2.24) is 10.2 Å². The van der Waals surface area contributed by atoms with Crippen LogP contribution in [0.4, 0.5) is 4.79 Å². The van der Waals surface area contributed by atoms with Crippen molar-refractivity contribution in [3.8, 4) is 0 Å². The highest BCUT2D eigenvalue weighted by Gasteiger charge is 2.55. The first-order chi connectivity index (χ1) is 16.5. The maximum absolute atomic E-state index is 13.0. The van der Waals surface area contributed by atoms with Crippen LogP contribution in [0.25, 0.3) is 0 Å². The number of amides is 2. The van der Waals surface area contributed by atoms with E-state index in [4.69, 9.17) is 4.99 Å². The van der Waals surface area contributed by atoms with Crippen LogP contribution < -0.4 is 5.32 Å². The maximum atomic E-state index is 13.0. The highest BCUT2D eigenvalue weighted by molar-refractivity contribution is 8.14. The fraction of sp³-hybridized carbons (Fsp3) is 0.222. The zero-order valence-electron chi connectivity index (χ0n) is 18.5. The fourth-order valence-electron chi connectivity index (χ4n) is 4.93. The number of carbonyl (C=O) groups is 2. The quantitative estimate of drug-likeness (QED) is 0.581. The van der Waals surface area contributed by atoms with E-state index in [0.29, 0.717) is 17.3 Å². The Kier molecular flexibility index (Phi) is 6.11. The first-order valence-electron chi connectivity index (χ1n) is 11.3. The van der Waals surface area contributed by atoms with Crippen molar-refractivity contribution in [2.75, 3.05) is 13.1 Å². The Bertz CT molecular complexity index is 1200. The summed E-state index contributed by atoms with van der Waals surface area (Å²) in [5.41, 5.74) is 1.93. The smallest absolute Gasteiger partial charge is 0.407 e. The van der Waals surface area contributed by atoms with Gasteiger partial charge in [0.1, 0.15) is 5.54 Å². The predicted octanol–water partition coefficient (Wildman–Crippen LogP) is 4.64. The Morgan fingerprint density at radius 1 is 0.971 bits per heavy atom. The molecule has 0 bridgehead atoms. The minimum atomic E-state index is -0.946. The van der Waals surface area contributed by atoms with Crippen LogP contribution >= 0.6 is 11.8 Å². The number of nitrogens with one attached hydrogen (secondary N) is 1. The minimum absolute atomic E-state index is 0.0337. The lowest BCUT2D eigenvalue weighted by Crippen LogP contribution is -2.47. The van der Waals surface area contributed by atoms with E-state index in [1.165, 1.54) is 22.2 Å². The molecule has 172 valence electrons. The van der Waals surface area contributed by atoms with E-state index in [0.717, 1.165) is 12.0 Å². The van der Waals surface area contributed by atoms with Crippen LogP contribution in [0.15, 0.2) is 96.0 Å². The maximum Gasteiger partial charge on any atom is 0.407 e. The van der Waals surface area contributed by atoms with Gasteiger partial charge in [0.2, 0.25) is 0 Å². The first-order valence-corrected chi connectivity index (χ1v) is 12.1. The third kappa shape index (κ3) is 4.31. The van der Waals surface area contributed by atoms with Gasteiger partial charge in [0.15, 0.2) is 5.17 Å². The molecule has 0 spiro atoms. The number of amidine groups is 1. The summed E-state index contributed by atoms with van der Waals surface area (Å²) in [5.74, 6) is -0.256. The number of aliphatic imine (C=N–C) groups is 1. The van der Waals surface area contributed by atoms with Gasteiger partial charge >= 0.3 is 6.09 Å². The molecule has 1 unspecified atom stereocenters. The van der Waals surface area contributed by atoms with Gasteiger partial charge < -0.3 is 15.3 Å². The normalized spacial score (nSPS) is 23.6. The monoisotopic (exact) mass is 471 g/mol. The molecule has 1 saturated heterocycles. The zero-order valence-corrected chi connectivity index (χ0v) is 19.3. The molecular formula is C27H25N3O3S. The van der Waals surface area contributed by atoms with E-state index in [1.54, 1.807) is 12.1 Å². The van der Waals surface area contributed by atoms with E-state index in [-0.39, 0.29) is 23.6 Å². The molecule has 2 aliphatic heterocycles. The van der Waals surface area contributed by atoms with E-state index >= 15 is 0 Å². The molecule has 5 rings (SSSR count). The Morgan fingerprint density at radius 3 is 2.24 bits per heavy atom. The molecule has 6 nitrogen and oxygen atoms in total. The molecular weight excluding hydrogens is 446 g/mol. The Hall–Kier alpha value is -3.58. The number of rotatable bonds is 4. The molecule has 7 heteroatoms. The molecule has 0 aliphatic carbocycles. The Balaban J connectivity index is 1.56. The van der Waals surface area contributed by atoms with Crippen LogP contribution in [0.1, 0.15) is 21.5 Å². The molecule has 2 heterocycles. The predicted molar refractivity (Wildman–Crippen MR) is 134 cm³/mol. The Morgan fingerprint density at radius 2 is 1.59 bits per heavy atom. The largest absolute Gasteiger partial charge is 0.465 e. The molecule has 0 saturated carbocycles. The van der Waals surface area contributed by atoms with Crippen LogP contribution in [0, 0.1) is 5.92 Å². The second-order valence-electron chi connectivity index (χ2n) is 8.64. The lowest BCUT2D eigenvalue weighted by Gasteiger charge is -2.40. The van der Waals surface area contributed by atoms with Crippen molar-refractivity contribution < 1.29 is 14.7 Å². The second kappa shape index (κ2) is 9.35. The number of fused-ring (bicyclic) bond motifs is 1. The van der Waals surface area contributed by atoms with E-state index in [1.807, 2.05) is 66.7 Å². The van der Waals surface area contributed by atoms with E-state index in [2.05, 4.69) is 17.4 Å². The van der Waals surface area contributed by atoms with Crippen LogP contribution in [-0.4, -0.2) is 45.5 Å². The molecule has 2 aliphatic rings. The number of likely N-dealkylation sites (tertiary alicyclic amines) is 1. The summed E-state index contributed by atoms with van der Waals surface area (Å²) in [7, 11) is 0. The van der Waals surface area contributed by atoms with Crippen LogP contribution in [-0.2, 0) is 12.0 Å². The van der Waals surface area contributed by atoms with Crippen molar-refractivity contribution in [2.45, 2.75) is 17.2 Å². The minimum Gasteiger partial charge on any atom is -0.465 e. The molecule has 3 atom stereocenters. The molecule has 34 heavy (non-hydrogen) atoms. The lowest BCUT2D eigenvalue weighted by atomic mass is 9.77. The van der Waals surface area contributed by atoms with Gasteiger partial charge in [-0.05, 0) is 29.7 Å². The third-order valence-corrected chi connectivity index (χ3v) is 7.77. The lowest BCUT2D eigenvalue weighted by molar-refractivity contribution is 0.0977. The number of hydrogen-bond donors (Lipinski definition) is 2. The summed E-state index contributed by atoms with van der Waals surface area (Å²) < 4.78 is 0. The summed E-state index contributed by atoms with van der Waals surface area (Å²) in [4.78, 5) is 31.5. The summed E-state index contributed by atoms with van der Waals surface area (Å²) in [6, 6.07) is 29.1. The van der Waals surface area contributed by atoms with Crippen molar-refractivity contribution in [1.29, 1.82) is 0 Å². The van der Waals surface area contributed by atoms with Gasteiger partial charge in [-0.3, -0.25) is 4.79 Å². The topological polar surface area (TPSA) is 82.0 Å². The fourth-order valence-corrected chi connectivity index (χ4v) is 6.33. The summed E-state index contributed by atoms with van der Waals surface area (Å²) >= 11 is 1.53. The molecule has 2 amide bonds. The summed E-state index contributed by atoms with van der Waals surface area (Å²) in [5, 5.41) is 13.4. The molecule has 1 fully saturated rings. The number of carbonyl (C=O) groups excluding carboxylic acids is 1. The average Bonchev–Trinajstić information content (AvgIpc) is 3.28. The van der Waals surface area contributed by atoms with Gasteiger partial charge in [0.25, 0.3) is 5.91 Å². The van der Waals surface area contributed by atoms with Gasteiger partial charge in [0.05, 0.1) is 6.54 Å². The first kappa shape index (κ1) is 22.2. The van der Waals surface area contributed by atoms with Gasteiger partial charge in [-0.15, -0.1) is 0 Å².